The lowest BCUT2D eigenvalue weighted by Gasteiger charge is -2.13. The highest BCUT2D eigenvalue weighted by atomic mass is 32.1. The Balaban J connectivity index is 1.97. The van der Waals surface area contributed by atoms with Crippen LogP contribution in [0.3, 0.4) is 0 Å². The Morgan fingerprint density at radius 2 is 2.25 bits per heavy atom. The Bertz CT molecular complexity index is 485. The van der Waals surface area contributed by atoms with Crippen LogP contribution in [0, 0.1) is 6.92 Å². The summed E-state index contributed by atoms with van der Waals surface area (Å²) in [6.07, 6.45) is 4.93. The van der Waals surface area contributed by atoms with Gasteiger partial charge in [0.15, 0.2) is 0 Å². The zero-order chi connectivity index (χ0) is 11.0. The number of aryl methyl sites for hydroxylation is 2. The van der Waals surface area contributed by atoms with Crippen molar-refractivity contribution in [1.82, 2.24) is 14.5 Å². The maximum atomic E-state index is 4.67. The molecule has 0 saturated heterocycles. The van der Waals surface area contributed by atoms with Crippen molar-refractivity contribution >= 4 is 11.3 Å². The maximum absolute atomic E-state index is 4.67. The minimum atomic E-state index is 0.887. The third-order valence-electron chi connectivity index (χ3n) is 3.23. The van der Waals surface area contributed by atoms with Crippen molar-refractivity contribution in [3.63, 3.8) is 0 Å². The van der Waals surface area contributed by atoms with Gasteiger partial charge in [0.1, 0.15) is 5.82 Å². The molecule has 0 spiro atoms. The summed E-state index contributed by atoms with van der Waals surface area (Å²) in [6, 6.07) is 0. The summed E-state index contributed by atoms with van der Waals surface area (Å²) in [4.78, 5) is 9.02. The van der Waals surface area contributed by atoms with E-state index in [1.54, 1.807) is 11.3 Å². The van der Waals surface area contributed by atoms with Gasteiger partial charge in [-0.15, -0.1) is 11.3 Å². The lowest BCUT2D eigenvalue weighted by Crippen LogP contribution is -2.10. The van der Waals surface area contributed by atoms with Crippen molar-refractivity contribution in [2.24, 2.45) is 0 Å². The lowest BCUT2D eigenvalue weighted by molar-refractivity contribution is 0.621. The predicted octanol–water partition coefficient (Wildman–Crippen LogP) is 2.58. The molecule has 0 unspecified atom stereocenters. The quantitative estimate of drug-likeness (QED) is 0.798. The molecule has 2 aromatic rings. The number of nitrogens with zero attached hydrogens (tertiary/aromatic N) is 3. The summed E-state index contributed by atoms with van der Waals surface area (Å²) in [7, 11) is 0. The van der Waals surface area contributed by atoms with Gasteiger partial charge in [-0.3, -0.25) is 0 Å². The summed E-state index contributed by atoms with van der Waals surface area (Å²) in [5.74, 6) is 1.14. The molecule has 0 radical (unpaired) electrons. The zero-order valence-corrected chi connectivity index (χ0v) is 10.3. The van der Waals surface area contributed by atoms with Crippen LogP contribution in [0.15, 0.2) is 10.9 Å². The van der Waals surface area contributed by atoms with Crippen molar-refractivity contribution in [3.8, 4) is 0 Å². The normalized spacial score (nSPS) is 15.1. The molecule has 0 saturated carbocycles. The van der Waals surface area contributed by atoms with Crippen LogP contribution in [0.2, 0.25) is 0 Å². The number of hydrogen-bond donors (Lipinski definition) is 0. The van der Waals surface area contributed by atoms with E-state index in [9.17, 15) is 0 Å². The van der Waals surface area contributed by atoms with E-state index < -0.39 is 0 Å². The van der Waals surface area contributed by atoms with Gasteiger partial charge in [0.05, 0.1) is 23.4 Å². The molecule has 1 aliphatic rings. The van der Waals surface area contributed by atoms with Crippen LogP contribution >= 0.6 is 11.3 Å². The summed E-state index contributed by atoms with van der Waals surface area (Å²) in [5.41, 5.74) is 5.81. The number of hydrogen-bond acceptors (Lipinski definition) is 3. The molecular formula is C12H15N3S. The summed E-state index contributed by atoms with van der Waals surface area (Å²) in [5, 5.41) is 2.12. The Hall–Kier alpha value is -1.16. The van der Waals surface area contributed by atoms with Gasteiger partial charge in [0.25, 0.3) is 0 Å². The van der Waals surface area contributed by atoms with Gasteiger partial charge in [0, 0.05) is 11.1 Å². The van der Waals surface area contributed by atoms with Crippen molar-refractivity contribution in [3.05, 3.63) is 33.8 Å². The first kappa shape index (κ1) is 10.0. The van der Waals surface area contributed by atoms with Crippen molar-refractivity contribution in [2.75, 3.05) is 0 Å². The van der Waals surface area contributed by atoms with Crippen molar-refractivity contribution in [1.29, 1.82) is 0 Å². The summed E-state index contributed by atoms with van der Waals surface area (Å²) < 4.78 is 2.34. The third kappa shape index (κ3) is 1.67. The molecule has 1 aliphatic carbocycles. The molecule has 2 aromatic heterocycles. The van der Waals surface area contributed by atoms with E-state index in [1.807, 2.05) is 5.51 Å². The van der Waals surface area contributed by atoms with Gasteiger partial charge in [-0.25, -0.2) is 9.97 Å². The fraction of sp³-hybridized carbons (Fsp3) is 0.500. The molecular weight excluding hydrogens is 218 g/mol. The van der Waals surface area contributed by atoms with Crippen LogP contribution in [0.5, 0.6) is 0 Å². The average molecular weight is 233 g/mol. The first-order chi connectivity index (χ1) is 7.84. The van der Waals surface area contributed by atoms with E-state index in [2.05, 4.69) is 26.8 Å². The van der Waals surface area contributed by atoms with Crippen LogP contribution in [0.4, 0.5) is 0 Å². The molecule has 0 bridgehead atoms. The predicted molar refractivity (Wildman–Crippen MR) is 64.8 cm³/mol. The molecule has 0 atom stereocenters. The minimum absolute atomic E-state index is 0.887. The van der Waals surface area contributed by atoms with Crippen LogP contribution in [-0.4, -0.2) is 14.5 Å². The molecule has 4 heteroatoms. The van der Waals surface area contributed by atoms with E-state index in [1.165, 1.54) is 30.7 Å². The standard InChI is InChI=1S/C12H15N3S/c1-9-14-11-4-2-3-5-12(11)15(9)6-10-7-16-8-13-10/h7-8H,2-6H2,1H3. The van der Waals surface area contributed by atoms with Crippen molar-refractivity contribution in [2.45, 2.75) is 39.2 Å². The Labute approximate surface area is 99.2 Å². The largest absolute Gasteiger partial charge is 0.326 e. The highest BCUT2D eigenvalue weighted by Gasteiger charge is 2.18. The molecule has 0 fully saturated rings. The lowest BCUT2D eigenvalue weighted by atomic mass is 10.0. The second-order valence-electron chi connectivity index (χ2n) is 4.33. The molecule has 0 aromatic carbocycles. The number of imidazole rings is 1. The van der Waals surface area contributed by atoms with E-state index in [4.69, 9.17) is 0 Å². The Morgan fingerprint density at radius 1 is 1.38 bits per heavy atom. The smallest absolute Gasteiger partial charge is 0.106 e. The zero-order valence-electron chi connectivity index (χ0n) is 9.44. The van der Waals surface area contributed by atoms with Crippen LogP contribution in [0.1, 0.15) is 35.7 Å². The van der Waals surface area contributed by atoms with E-state index in [0.29, 0.717) is 0 Å². The Morgan fingerprint density at radius 3 is 3.06 bits per heavy atom. The van der Waals surface area contributed by atoms with Crippen molar-refractivity contribution < 1.29 is 0 Å². The van der Waals surface area contributed by atoms with Gasteiger partial charge in [-0.2, -0.15) is 0 Å². The summed E-state index contributed by atoms with van der Waals surface area (Å²) >= 11 is 1.66. The first-order valence-electron chi connectivity index (χ1n) is 5.76. The molecule has 0 N–H and O–H groups in total. The second-order valence-corrected chi connectivity index (χ2v) is 5.04. The number of aromatic nitrogens is 3. The molecule has 3 nitrogen and oxygen atoms in total. The number of thiazole rings is 1. The number of rotatable bonds is 2. The molecule has 2 heterocycles. The highest BCUT2D eigenvalue weighted by molar-refractivity contribution is 7.07. The monoisotopic (exact) mass is 233 g/mol. The van der Waals surface area contributed by atoms with Crippen LogP contribution in [-0.2, 0) is 19.4 Å². The van der Waals surface area contributed by atoms with Gasteiger partial charge < -0.3 is 4.57 Å². The van der Waals surface area contributed by atoms with Gasteiger partial charge in [-0.1, -0.05) is 0 Å². The topological polar surface area (TPSA) is 30.7 Å². The molecule has 3 rings (SSSR count). The highest BCUT2D eigenvalue weighted by Crippen LogP contribution is 2.22. The van der Waals surface area contributed by atoms with E-state index >= 15 is 0 Å². The fourth-order valence-electron chi connectivity index (χ4n) is 2.42. The molecule has 0 aliphatic heterocycles. The molecule has 16 heavy (non-hydrogen) atoms. The van der Waals surface area contributed by atoms with Gasteiger partial charge >= 0.3 is 0 Å². The van der Waals surface area contributed by atoms with Crippen LogP contribution in [0.25, 0.3) is 0 Å². The average Bonchev–Trinajstić information content (AvgIpc) is 2.89. The maximum Gasteiger partial charge on any atom is 0.106 e. The molecule has 84 valence electrons. The van der Waals surface area contributed by atoms with E-state index in [0.717, 1.165) is 24.5 Å². The minimum Gasteiger partial charge on any atom is -0.326 e. The SMILES string of the molecule is Cc1nc2c(n1Cc1cscn1)CCCC2. The number of fused-ring (bicyclic) bond motifs is 1. The Kier molecular flexibility index (Phi) is 2.52. The third-order valence-corrected chi connectivity index (χ3v) is 3.86. The van der Waals surface area contributed by atoms with Crippen LogP contribution < -0.4 is 0 Å². The van der Waals surface area contributed by atoms with Gasteiger partial charge in [0.2, 0.25) is 0 Å². The first-order valence-corrected chi connectivity index (χ1v) is 6.71. The summed E-state index contributed by atoms with van der Waals surface area (Å²) in [6.45, 7) is 2.99. The molecule has 0 amide bonds. The van der Waals surface area contributed by atoms with E-state index in [-0.39, 0.29) is 0 Å². The fourth-order valence-corrected chi connectivity index (χ4v) is 2.97. The second kappa shape index (κ2) is 4.01. The van der Waals surface area contributed by atoms with Gasteiger partial charge in [-0.05, 0) is 32.6 Å².